The molecule has 1 aromatic carbocycles. The molecule has 1 saturated carbocycles. The molecule has 0 bridgehead atoms. The van der Waals surface area contributed by atoms with Crippen molar-refractivity contribution >= 4 is 34.3 Å². The van der Waals surface area contributed by atoms with E-state index in [1.54, 1.807) is 17.7 Å². The van der Waals surface area contributed by atoms with Gasteiger partial charge in [-0.05, 0) is 74.3 Å². The van der Waals surface area contributed by atoms with Gasteiger partial charge >= 0.3 is 0 Å². The third-order valence-corrected chi connectivity index (χ3v) is 8.73. The second-order valence-electron chi connectivity index (χ2n) is 11.3. The first-order valence-electron chi connectivity index (χ1n) is 14.5. The summed E-state index contributed by atoms with van der Waals surface area (Å²) in [5.74, 6) is 1.29. The maximum Gasteiger partial charge on any atom is 0.263 e. The third-order valence-electron chi connectivity index (χ3n) is 8.73. The fraction of sp³-hybridized carbons (Fsp3) is 0.406. The largest absolute Gasteiger partial charge is 0.392 e. The van der Waals surface area contributed by atoms with Gasteiger partial charge in [0.1, 0.15) is 11.5 Å². The summed E-state index contributed by atoms with van der Waals surface area (Å²) in [5, 5.41) is 13.2. The van der Waals surface area contributed by atoms with Gasteiger partial charge in [-0.25, -0.2) is 9.97 Å². The van der Waals surface area contributed by atoms with E-state index in [-0.39, 0.29) is 29.6 Å². The summed E-state index contributed by atoms with van der Waals surface area (Å²) >= 11 is 0. The number of nitrogens with one attached hydrogen (secondary N) is 1. The second-order valence-corrected chi connectivity index (χ2v) is 11.3. The number of anilines is 3. The molecule has 0 atom stereocenters. The smallest absolute Gasteiger partial charge is 0.263 e. The fourth-order valence-electron chi connectivity index (χ4n) is 6.44. The molecule has 2 N–H and O–H groups in total. The fourth-order valence-corrected chi connectivity index (χ4v) is 6.44. The number of aryl methyl sites for hydroxylation is 1. The standard InChI is InChI=1S/C32H36N6O3/c1-20-27-18-34-32(36-30(27)38(25-5-3-4-6-25)31(41)29(20)21(2)40)35-28-12-11-26(17-33-28)37-15-13-24(14-16-37)23-9-7-22(19-39)8-10-23/h7-12,17-18,24-25,39H,3-6,13-16,19H2,1-2H3,(H,33,34,35,36). The Morgan fingerprint density at radius 1 is 1.00 bits per heavy atom. The van der Waals surface area contributed by atoms with Crippen LogP contribution in [0.3, 0.4) is 0 Å². The molecule has 0 amide bonds. The highest BCUT2D eigenvalue weighted by Gasteiger charge is 2.26. The molecule has 41 heavy (non-hydrogen) atoms. The van der Waals surface area contributed by atoms with Crippen LogP contribution in [0, 0.1) is 6.92 Å². The Labute approximate surface area is 239 Å². The number of nitrogens with zero attached hydrogens (tertiary/aromatic N) is 5. The third kappa shape index (κ3) is 5.34. The first kappa shape index (κ1) is 27.1. The van der Waals surface area contributed by atoms with Crippen LogP contribution in [0.5, 0.6) is 0 Å². The molecule has 0 radical (unpaired) electrons. The van der Waals surface area contributed by atoms with Crippen molar-refractivity contribution in [2.75, 3.05) is 23.3 Å². The minimum absolute atomic E-state index is 0.0351. The van der Waals surface area contributed by atoms with Crippen LogP contribution in [0.25, 0.3) is 11.0 Å². The molecule has 4 heterocycles. The molecule has 6 rings (SSSR count). The average Bonchev–Trinajstić information content (AvgIpc) is 3.52. The van der Waals surface area contributed by atoms with E-state index in [2.05, 4.69) is 38.4 Å². The van der Waals surface area contributed by atoms with E-state index in [0.29, 0.717) is 28.9 Å². The van der Waals surface area contributed by atoms with Crippen molar-refractivity contribution in [2.45, 2.75) is 70.9 Å². The number of piperidine rings is 1. The van der Waals surface area contributed by atoms with Crippen LogP contribution < -0.4 is 15.8 Å². The topological polar surface area (TPSA) is 113 Å². The molecule has 9 nitrogen and oxygen atoms in total. The first-order chi connectivity index (χ1) is 19.9. The number of fused-ring (bicyclic) bond motifs is 1. The maximum atomic E-state index is 13.5. The number of aliphatic hydroxyl groups excluding tert-OH is 1. The highest BCUT2D eigenvalue weighted by atomic mass is 16.3. The van der Waals surface area contributed by atoms with Gasteiger partial charge in [0.15, 0.2) is 5.78 Å². The monoisotopic (exact) mass is 552 g/mol. The SMILES string of the molecule is CC(=O)c1c(C)c2cnc(Nc3ccc(N4CCC(c5ccc(CO)cc5)CC4)cn3)nc2n(C2CCCC2)c1=O. The van der Waals surface area contributed by atoms with Crippen LogP contribution in [-0.4, -0.2) is 43.5 Å². The molecule has 1 aliphatic heterocycles. The number of pyridine rings is 2. The Kier molecular flexibility index (Phi) is 7.53. The zero-order valence-corrected chi connectivity index (χ0v) is 23.6. The molecule has 3 aromatic heterocycles. The average molecular weight is 553 g/mol. The van der Waals surface area contributed by atoms with Crippen molar-refractivity contribution in [1.82, 2.24) is 19.5 Å². The molecular formula is C32H36N6O3. The molecule has 9 heteroatoms. The number of Topliss-reactive ketones (excluding diaryl/α,β-unsaturated/α-hetero) is 1. The maximum absolute atomic E-state index is 13.5. The first-order valence-corrected chi connectivity index (χ1v) is 14.5. The summed E-state index contributed by atoms with van der Waals surface area (Å²) in [5.41, 5.74) is 4.52. The Hall–Kier alpha value is -4.11. The van der Waals surface area contributed by atoms with Crippen LogP contribution in [0.1, 0.15) is 84.5 Å². The zero-order chi connectivity index (χ0) is 28.5. The predicted octanol–water partition coefficient (Wildman–Crippen LogP) is 5.43. The van der Waals surface area contributed by atoms with Gasteiger partial charge in [0.25, 0.3) is 5.56 Å². The van der Waals surface area contributed by atoms with Crippen molar-refractivity contribution in [3.05, 3.63) is 81.4 Å². The number of aliphatic hydroxyl groups is 1. The highest BCUT2D eigenvalue weighted by molar-refractivity contribution is 5.99. The molecule has 0 spiro atoms. The number of aromatic nitrogens is 4. The van der Waals surface area contributed by atoms with Gasteiger partial charge in [-0.3, -0.25) is 14.2 Å². The van der Waals surface area contributed by atoms with Crippen LogP contribution in [-0.2, 0) is 6.61 Å². The lowest BCUT2D eigenvalue weighted by atomic mass is 9.89. The minimum Gasteiger partial charge on any atom is -0.392 e. The number of benzene rings is 1. The van der Waals surface area contributed by atoms with Crippen molar-refractivity contribution in [3.63, 3.8) is 0 Å². The Morgan fingerprint density at radius 2 is 1.73 bits per heavy atom. The normalized spacial score (nSPS) is 16.4. The molecular weight excluding hydrogens is 516 g/mol. The van der Waals surface area contributed by atoms with E-state index < -0.39 is 0 Å². The van der Waals surface area contributed by atoms with Gasteiger partial charge < -0.3 is 15.3 Å². The number of hydrogen-bond acceptors (Lipinski definition) is 8. The summed E-state index contributed by atoms with van der Waals surface area (Å²) in [6.07, 6.45) is 9.63. The van der Waals surface area contributed by atoms with Crippen LogP contribution in [0.15, 0.2) is 53.6 Å². The highest BCUT2D eigenvalue weighted by Crippen LogP contribution is 2.33. The van der Waals surface area contributed by atoms with Gasteiger partial charge in [0.05, 0.1) is 24.1 Å². The van der Waals surface area contributed by atoms with E-state index in [9.17, 15) is 14.7 Å². The molecule has 2 aliphatic rings. The van der Waals surface area contributed by atoms with Gasteiger partial charge in [0.2, 0.25) is 5.95 Å². The number of carbonyl (C=O) groups is 1. The van der Waals surface area contributed by atoms with Gasteiger partial charge in [-0.15, -0.1) is 0 Å². The summed E-state index contributed by atoms with van der Waals surface area (Å²) in [7, 11) is 0. The summed E-state index contributed by atoms with van der Waals surface area (Å²) in [4.78, 5) is 42.1. The molecule has 4 aromatic rings. The quantitative estimate of drug-likeness (QED) is 0.292. The molecule has 212 valence electrons. The van der Waals surface area contributed by atoms with E-state index >= 15 is 0 Å². The summed E-state index contributed by atoms with van der Waals surface area (Å²) in [6.45, 7) is 5.23. The summed E-state index contributed by atoms with van der Waals surface area (Å²) < 4.78 is 1.72. The lowest BCUT2D eigenvalue weighted by Gasteiger charge is -2.33. The van der Waals surface area contributed by atoms with Crippen LogP contribution >= 0.6 is 0 Å². The Morgan fingerprint density at radius 3 is 2.37 bits per heavy atom. The molecule has 1 aliphatic carbocycles. The minimum atomic E-state index is -0.257. The lowest BCUT2D eigenvalue weighted by molar-refractivity contribution is 0.101. The zero-order valence-electron chi connectivity index (χ0n) is 23.6. The summed E-state index contributed by atoms with van der Waals surface area (Å²) in [6, 6.07) is 12.3. The van der Waals surface area contributed by atoms with Crippen molar-refractivity contribution in [3.8, 4) is 0 Å². The number of hydrogen-bond donors (Lipinski definition) is 2. The van der Waals surface area contributed by atoms with E-state index in [1.807, 2.05) is 24.4 Å². The van der Waals surface area contributed by atoms with Crippen molar-refractivity contribution < 1.29 is 9.90 Å². The van der Waals surface area contributed by atoms with Gasteiger partial charge in [0, 0.05) is 30.7 Å². The molecule has 1 saturated heterocycles. The number of carbonyl (C=O) groups excluding carboxylic acids is 1. The van der Waals surface area contributed by atoms with Gasteiger partial charge in [-0.2, -0.15) is 4.98 Å². The predicted molar refractivity (Wildman–Crippen MR) is 160 cm³/mol. The van der Waals surface area contributed by atoms with Crippen LogP contribution in [0.2, 0.25) is 0 Å². The van der Waals surface area contributed by atoms with Gasteiger partial charge in [-0.1, -0.05) is 37.1 Å². The van der Waals surface area contributed by atoms with Crippen molar-refractivity contribution in [2.24, 2.45) is 0 Å². The molecule has 0 unspecified atom stereocenters. The lowest BCUT2D eigenvalue weighted by Crippen LogP contribution is -2.32. The van der Waals surface area contributed by atoms with E-state index in [4.69, 9.17) is 4.98 Å². The number of rotatable bonds is 7. The van der Waals surface area contributed by atoms with Crippen molar-refractivity contribution in [1.29, 1.82) is 0 Å². The Balaban J connectivity index is 1.19. The second kappa shape index (κ2) is 11.4. The van der Waals surface area contributed by atoms with E-state index in [1.165, 1.54) is 12.5 Å². The van der Waals surface area contributed by atoms with E-state index in [0.717, 1.165) is 68.3 Å². The Bertz CT molecular complexity index is 1620. The van der Waals surface area contributed by atoms with Crippen LogP contribution in [0.4, 0.5) is 17.5 Å². The molecule has 2 fully saturated rings. The number of ketones is 1.